The van der Waals surface area contributed by atoms with Crippen molar-refractivity contribution in [1.29, 1.82) is 5.26 Å². The van der Waals surface area contributed by atoms with E-state index in [1.54, 1.807) is 6.20 Å². The van der Waals surface area contributed by atoms with Crippen LogP contribution >= 0.6 is 0 Å². The van der Waals surface area contributed by atoms with Crippen molar-refractivity contribution in [2.75, 3.05) is 18.4 Å². The first-order valence-corrected chi connectivity index (χ1v) is 6.93. The maximum Gasteiger partial charge on any atom is 0.267 e. The van der Waals surface area contributed by atoms with Crippen molar-refractivity contribution in [2.24, 2.45) is 0 Å². The first-order chi connectivity index (χ1) is 9.69. The van der Waals surface area contributed by atoms with Crippen LogP contribution in [-0.2, 0) is 4.79 Å². The summed E-state index contributed by atoms with van der Waals surface area (Å²) in [5.74, 6) is -0.345. The first kappa shape index (κ1) is 14.1. The fraction of sp³-hybridized carbons (Fsp3) is 0.375. The van der Waals surface area contributed by atoms with Gasteiger partial charge in [-0.15, -0.1) is 0 Å². The summed E-state index contributed by atoms with van der Waals surface area (Å²) in [6.45, 7) is 3.83. The van der Waals surface area contributed by atoms with Crippen molar-refractivity contribution >= 4 is 11.6 Å². The van der Waals surface area contributed by atoms with Gasteiger partial charge in [0, 0.05) is 25.0 Å². The van der Waals surface area contributed by atoms with E-state index in [4.69, 9.17) is 5.26 Å². The summed E-state index contributed by atoms with van der Waals surface area (Å²) < 4.78 is 0. The zero-order valence-electron chi connectivity index (χ0n) is 11.7. The molecule has 2 rings (SSSR count). The molecule has 1 saturated heterocycles. The predicted molar refractivity (Wildman–Crippen MR) is 78.9 cm³/mol. The third-order valence-electron chi connectivity index (χ3n) is 3.38. The lowest BCUT2D eigenvalue weighted by Crippen LogP contribution is -2.26. The Hall–Kier alpha value is -2.28. The fourth-order valence-electron chi connectivity index (χ4n) is 2.20. The number of carbonyl (C=O) groups is 1. The zero-order valence-corrected chi connectivity index (χ0v) is 11.7. The molecule has 1 N–H and O–H groups in total. The standard InChI is InChI=1S/C16H19N3O/c1-13-5-7-15(8-6-13)18-16(20)14(11-17)12-19-9-3-2-4-10-19/h5-8,12H,2-4,9-10H2,1H3,(H,18,20)/b14-12-. The van der Waals surface area contributed by atoms with Crippen LogP contribution in [0.4, 0.5) is 5.69 Å². The Kier molecular flexibility index (Phi) is 4.78. The molecule has 1 heterocycles. The molecule has 4 nitrogen and oxygen atoms in total. The molecule has 1 aromatic rings. The van der Waals surface area contributed by atoms with Gasteiger partial charge >= 0.3 is 0 Å². The van der Waals surface area contributed by atoms with Crippen LogP contribution in [0.1, 0.15) is 24.8 Å². The van der Waals surface area contributed by atoms with Gasteiger partial charge in [-0.05, 0) is 38.3 Å². The van der Waals surface area contributed by atoms with Crippen LogP contribution in [0.15, 0.2) is 36.0 Å². The molecule has 0 unspecified atom stereocenters. The number of amides is 1. The summed E-state index contributed by atoms with van der Waals surface area (Å²) in [6.07, 6.45) is 5.15. The van der Waals surface area contributed by atoms with Gasteiger partial charge in [-0.2, -0.15) is 5.26 Å². The summed E-state index contributed by atoms with van der Waals surface area (Å²) in [7, 11) is 0. The van der Waals surface area contributed by atoms with Gasteiger partial charge in [-0.3, -0.25) is 4.79 Å². The largest absolute Gasteiger partial charge is 0.376 e. The van der Waals surface area contributed by atoms with E-state index in [9.17, 15) is 4.79 Å². The van der Waals surface area contributed by atoms with Crippen LogP contribution in [-0.4, -0.2) is 23.9 Å². The third-order valence-corrected chi connectivity index (χ3v) is 3.38. The molecule has 0 spiro atoms. The Bertz CT molecular complexity index is 534. The first-order valence-electron chi connectivity index (χ1n) is 6.93. The van der Waals surface area contributed by atoms with E-state index >= 15 is 0 Å². The molecule has 0 aromatic heterocycles. The van der Waals surface area contributed by atoms with Gasteiger partial charge in [-0.25, -0.2) is 0 Å². The second-order valence-electron chi connectivity index (χ2n) is 5.07. The van der Waals surface area contributed by atoms with Gasteiger partial charge in [0.25, 0.3) is 5.91 Å². The number of rotatable bonds is 3. The summed E-state index contributed by atoms with van der Waals surface area (Å²) in [5, 5.41) is 11.9. The summed E-state index contributed by atoms with van der Waals surface area (Å²) in [4.78, 5) is 14.1. The second kappa shape index (κ2) is 6.76. The van der Waals surface area contributed by atoms with Crippen molar-refractivity contribution < 1.29 is 4.79 Å². The molecule has 1 fully saturated rings. The predicted octanol–water partition coefficient (Wildman–Crippen LogP) is 2.83. The Morgan fingerprint density at radius 3 is 2.50 bits per heavy atom. The Balaban J connectivity index is 2.03. The van der Waals surface area contributed by atoms with Crippen molar-refractivity contribution in [3.05, 3.63) is 41.6 Å². The lowest BCUT2D eigenvalue weighted by molar-refractivity contribution is -0.112. The van der Waals surface area contributed by atoms with Crippen LogP contribution in [0, 0.1) is 18.3 Å². The monoisotopic (exact) mass is 269 g/mol. The maximum absolute atomic E-state index is 12.1. The maximum atomic E-state index is 12.1. The highest BCUT2D eigenvalue weighted by molar-refractivity contribution is 6.06. The molecule has 0 radical (unpaired) electrons. The van der Waals surface area contributed by atoms with E-state index in [0.717, 1.165) is 31.5 Å². The van der Waals surface area contributed by atoms with E-state index < -0.39 is 0 Å². The van der Waals surface area contributed by atoms with Gasteiger partial charge < -0.3 is 10.2 Å². The molecule has 1 aromatic carbocycles. The molecule has 0 bridgehead atoms. The van der Waals surface area contributed by atoms with Crippen molar-refractivity contribution in [3.63, 3.8) is 0 Å². The SMILES string of the molecule is Cc1ccc(NC(=O)/C(C#N)=C\N2CCCCC2)cc1. The van der Waals surface area contributed by atoms with Crippen LogP contribution in [0.2, 0.25) is 0 Å². The number of nitriles is 1. The molecule has 1 aliphatic rings. The van der Waals surface area contributed by atoms with Crippen LogP contribution < -0.4 is 5.32 Å². The minimum atomic E-state index is -0.345. The Morgan fingerprint density at radius 1 is 1.25 bits per heavy atom. The Morgan fingerprint density at radius 2 is 1.90 bits per heavy atom. The number of carbonyl (C=O) groups excluding carboxylic acids is 1. The number of piperidine rings is 1. The second-order valence-corrected chi connectivity index (χ2v) is 5.07. The lowest BCUT2D eigenvalue weighted by Gasteiger charge is -2.25. The number of anilines is 1. The van der Waals surface area contributed by atoms with Crippen LogP contribution in [0.25, 0.3) is 0 Å². The van der Waals surface area contributed by atoms with Gasteiger partial charge in [0.1, 0.15) is 11.6 Å². The number of likely N-dealkylation sites (tertiary alicyclic amines) is 1. The molecule has 104 valence electrons. The summed E-state index contributed by atoms with van der Waals surface area (Å²) >= 11 is 0. The fourth-order valence-corrected chi connectivity index (χ4v) is 2.20. The third kappa shape index (κ3) is 3.86. The van der Waals surface area contributed by atoms with Gasteiger partial charge in [0.05, 0.1) is 0 Å². The smallest absolute Gasteiger partial charge is 0.267 e. The van der Waals surface area contributed by atoms with Crippen LogP contribution in [0.5, 0.6) is 0 Å². The average molecular weight is 269 g/mol. The molecule has 1 aliphatic heterocycles. The number of hydrogen-bond donors (Lipinski definition) is 1. The molecule has 0 atom stereocenters. The van der Waals surface area contributed by atoms with E-state index in [2.05, 4.69) is 10.2 Å². The highest BCUT2D eigenvalue weighted by atomic mass is 16.1. The summed E-state index contributed by atoms with van der Waals surface area (Å²) in [6, 6.07) is 9.51. The summed E-state index contributed by atoms with van der Waals surface area (Å²) in [5.41, 5.74) is 2.00. The van der Waals surface area contributed by atoms with Crippen LogP contribution in [0.3, 0.4) is 0 Å². The number of aryl methyl sites for hydroxylation is 1. The molecule has 1 amide bonds. The normalized spacial score (nSPS) is 15.6. The highest BCUT2D eigenvalue weighted by Gasteiger charge is 2.13. The topological polar surface area (TPSA) is 56.1 Å². The minimum Gasteiger partial charge on any atom is -0.376 e. The molecular weight excluding hydrogens is 250 g/mol. The lowest BCUT2D eigenvalue weighted by atomic mass is 10.1. The van der Waals surface area contributed by atoms with E-state index in [-0.39, 0.29) is 11.5 Å². The van der Waals surface area contributed by atoms with Gasteiger partial charge in [0.15, 0.2) is 0 Å². The van der Waals surface area contributed by atoms with E-state index in [0.29, 0.717) is 5.69 Å². The number of nitrogens with zero attached hydrogens (tertiary/aromatic N) is 2. The molecular formula is C16H19N3O. The quantitative estimate of drug-likeness (QED) is 0.678. The van der Waals surface area contributed by atoms with Gasteiger partial charge in [-0.1, -0.05) is 17.7 Å². The minimum absolute atomic E-state index is 0.160. The Labute approximate surface area is 119 Å². The van der Waals surface area contributed by atoms with Crippen molar-refractivity contribution in [2.45, 2.75) is 26.2 Å². The zero-order chi connectivity index (χ0) is 14.4. The molecule has 0 saturated carbocycles. The molecule has 4 heteroatoms. The van der Waals surface area contributed by atoms with Crippen molar-refractivity contribution in [1.82, 2.24) is 4.90 Å². The molecule has 0 aliphatic carbocycles. The van der Waals surface area contributed by atoms with E-state index in [1.807, 2.05) is 37.3 Å². The van der Waals surface area contributed by atoms with Crippen molar-refractivity contribution in [3.8, 4) is 6.07 Å². The van der Waals surface area contributed by atoms with Gasteiger partial charge in [0.2, 0.25) is 0 Å². The number of benzene rings is 1. The number of hydrogen-bond acceptors (Lipinski definition) is 3. The van der Waals surface area contributed by atoms with E-state index in [1.165, 1.54) is 6.42 Å². The highest BCUT2D eigenvalue weighted by Crippen LogP contribution is 2.13. The average Bonchev–Trinajstić information content (AvgIpc) is 2.48. The number of nitrogens with one attached hydrogen (secondary N) is 1. The molecule has 20 heavy (non-hydrogen) atoms.